The molecule has 2 aromatic rings. The number of carbonyl (C=O) groups excluding carboxylic acids is 1. The molecule has 104 valence electrons. The molecule has 0 bridgehead atoms. The lowest BCUT2D eigenvalue weighted by Crippen LogP contribution is -2.05. The van der Waals surface area contributed by atoms with Crippen LogP contribution in [0.1, 0.15) is 17.4 Å². The largest absolute Gasteiger partial charge is 0.496 e. The highest BCUT2D eigenvalue weighted by Crippen LogP contribution is 2.32. The first-order valence-electron chi connectivity index (χ1n) is 5.66. The van der Waals surface area contributed by atoms with Crippen LogP contribution in [0.3, 0.4) is 0 Å². The number of anilines is 1. The summed E-state index contributed by atoms with van der Waals surface area (Å²) in [6, 6.07) is 4.88. The highest BCUT2D eigenvalue weighted by molar-refractivity contribution is 5.90. The average Bonchev–Trinajstić information content (AvgIpc) is 2.87. The Labute approximate surface area is 114 Å². The van der Waals surface area contributed by atoms with E-state index in [0.717, 1.165) is 6.26 Å². The number of carbonyl (C=O) groups is 2. The molecular formula is C13H12N2O5. The summed E-state index contributed by atoms with van der Waals surface area (Å²) in [6.07, 6.45) is 1.04. The number of hydrogen-bond donors (Lipinski definition) is 2. The van der Waals surface area contributed by atoms with E-state index in [2.05, 4.69) is 10.3 Å². The summed E-state index contributed by atoms with van der Waals surface area (Å²) >= 11 is 0. The molecule has 1 heterocycles. The van der Waals surface area contributed by atoms with Crippen LogP contribution in [0.15, 0.2) is 28.9 Å². The van der Waals surface area contributed by atoms with Crippen molar-refractivity contribution in [1.82, 2.24) is 4.98 Å². The lowest BCUT2D eigenvalue weighted by atomic mass is 10.1. The van der Waals surface area contributed by atoms with Gasteiger partial charge >= 0.3 is 5.97 Å². The predicted molar refractivity (Wildman–Crippen MR) is 69.8 cm³/mol. The molecule has 1 aromatic heterocycles. The number of carboxylic acids is 1. The highest BCUT2D eigenvalue weighted by atomic mass is 16.5. The molecule has 0 saturated carbocycles. The average molecular weight is 276 g/mol. The van der Waals surface area contributed by atoms with Gasteiger partial charge in [-0.25, -0.2) is 9.78 Å². The maximum atomic E-state index is 11.0. The van der Waals surface area contributed by atoms with E-state index in [1.54, 1.807) is 18.2 Å². The Hall–Kier alpha value is -2.83. The zero-order valence-corrected chi connectivity index (χ0v) is 10.8. The normalized spacial score (nSPS) is 10.1. The molecule has 0 unspecified atom stereocenters. The standard InChI is InChI=1S/C13H12N2O5/c1-7(16)14-8-3-4-11(19-2)9(5-8)12-15-10(6-20-12)13(17)18/h3-6H,1-2H3,(H,14,16)(H,17,18). The molecule has 0 atom stereocenters. The van der Waals surface area contributed by atoms with Crippen molar-refractivity contribution in [3.63, 3.8) is 0 Å². The molecule has 1 amide bonds. The first kappa shape index (κ1) is 13.6. The van der Waals surface area contributed by atoms with Crippen molar-refractivity contribution in [3.8, 4) is 17.2 Å². The fourth-order valence-corrected chi connectivity index (χ4v) is 1.65. The first-order valence-corrected chi connectivity index (χ1v) is 5.66. The number of amides is 1. The Bertz CT molecular complexity index is 663. The van der Waals surface area contributed by atoms with Gasteiger partial charge in [0.05, 0.1) is 12.7 Å². The van der Waals surface area contributed by atoms with E-state index in [1.165, 1.54) is 14.0 Å². The molecule has 2 N–H and O–H groups in total. The number of carboxylic acid groups (broad SMARTS) is 1. The van der Waals surface area contributed by atoms with Crippen molar-refractivity contribution in [2.24, 2.45) is 0 Å². The Balaban J connectivity index is 2.46. The maximum absolute atomic E-state index is 11.0. The van der Waals surface area contributed by atoms with Gasteiger partial charge in [-0.2, -0.15) is 0 Å². The minimum Gasteiger partial charge on any atom is -0.496 e. The van der Waals surface area contributed by atoms with Crippen molar-refractivity contribution < 1.29 is 23.8 Å². The van der Waals surface area contributed by atoms with E-state index in [1.807, 2.05) is 0 Å². The lowest BCUT2D eigenvalue weighted by molar-refractivity contribution is -0.114. The fourth-order valence-electron chi connectivity index (χ4n) is 1.65. The number of aromatic nitrogens is 1. The van der Waals surface area contributed by atoms with E-state index < -0.39 is 5.97 Å². The van der Waals surface area contributed by atoms with Crippen molar-refractivity contribution in [2.45, 2.75) is 6.92 Å². The van der Waals surface area contributed by atoms with Gasteiger partial charge in [-0.3, -0.25) is 4.79 Å². The Morgan fingerprint density at radius 3 is 2.70 bits per heavy atom. The number of methoxy groups -OCH3 is 1. The monoisotopic (exact) mass is 276 g/mol. The summed E-state index contributed by atoms with van der Waals surface area (Å²) in [5.41, 5.74) is 0.779. The number of benzene rings is 1. The van der Waals surface area contributed by atoms with Crippen molar-refractivity contribution in [3.05, 3.63) is 30.2 Å². The second kappa shape index (κ2) is 5.43. The Kier molecular flexibility index (Phi) is 3.69. The SMILES string of the molecule is COc1ccc(NC(C)=O)cc1-c1nc(C(=O)O)co1. The molecule has 7 nitrogen and oxygen atoms in total. The van der Waals surface area contributed by atoms with Crippen molar-refractivity contribution in [2.75, 3.05) is 12.4 Å². The molecule has 0 aliphatic heterocycles. The number of aromatic carboxylic acids is 1. The molecule has 1 aromatic carbocycles. The summed E-state index contributed by atoms with van der Waals surface area (Å²) < 4.78 is 10.3. The molecule has 0 aliphatic carbocycles. The minimum atomic E-state index is -1.18. The van der Waals surface area contributed by atoms with E-state index in [0.29, 0.717) is 17.0 Å². The van der Waals surface area contributed by atoms with E-state index >= 15 is 0 Å². The van der Waals surface area contributed by atoms with Crippen LogP contribution < -0.4 is 10.1 Å². The van der Waals surface area contributed by atoms with Gasteiger partial charge in [0.25, 0.3) is 0 Å². The van der Waals surface area contributed by atoms with Gasteiger partial charge < -0.3 is 19.6 Å². The molecule has 0 radical (unpaired) electrons. The quantitative estimate of drug-likeness (QED) is 0.885. The molecule has 0 spiro atoms. The molecule has 20 heavy (non-hydrogen) atoms. The second-order valence-corrected chi connectivity index (χ2v) is 3.94. The first-order chi connectivity index (χ1) is 9.51. The van der Waals surface area contributed by atoms with Crippen LogP contribution in [0.2, 0.25) is 0 Å². The highest BCUT2D eigenvalue weighted by Gasteiger charge is 2.16. The molecule has 0 aliphatic rings. The van der Waals surface area contributed by atoms with Crippen LogP contribution in [0, 0.1) is 0 Å². The van der Waals surface area contributed by atoms with Crippen LogP contribution in [-0.2, 0) is 4.79 Å². The van der Waals surface area contributed by atoms with Gasteiger partial charge in [0.15, 0.2) is 5.69 Å². The van der Waals surface area contributed by atoms with Crippen LogP contribution in [0.5, 0.6) is 5.75 Å². The number of oxazole rings is 1. The predicted octanol–water partition coefficient (Wildman–Crippen LogP) is 2.01. The van der Waals surface area contributed by atoms with Gasteiger partial charge in [0, 0.05) is 12.6 Å². The molecular weight excluding hydrogens is 264 g/mol. The topological polar surface area (TPSA) is 102 Å². The third-order valence-electron chi connectivity index (χ3n) is 2.47. The maximum Gasteiger partial charge on any atom is 0.357 e. The van der Waals surface area contributed by atoms with Crippen molar-refractivity contribution in [1.29, 1.82) is 0 Å². The summed E-state index contributed by atoms with van der Waals surface area (Å²) in [5, 5.41) is 11.4. The number of hydrogen-bond acceptors (Lipinski definition) is 5. The van der Waals surface area contributed by atoms with Crippen molar-refractivity contribution >= 4 is 17.6 Å². The number of nitrogens with one attached hydrogen (secondary N) is 1. The fraction of sp³-hybridized carbons (Fsp3) is 0.154. The van der Waals surface area contributed by atoms with Crippen LogP contribution in [-0.4, -0.2) is 29.1 Å². The number of ether oxygens (including phenoxy) is 1. The zero-order valence-electron chi connectivity index (χ0n) is 10.8. The van der Waals surface area contributed by atoms with Crippen LogP contribution in [0.4, 0.5) is 5.69 Å². The lowest BCUT2D eigenvalue weighted by Gasteiger charge is -2.08. The summed E-state index contributed by atoms with van der Waals surface area (Å²) in [5.74, 6) is -0.846. The summed E-state index contributed by atoms with van der Waals surface area (Å²) in [7, 11) is 1.47. The van der Waals surface area contributed by atoms with Gasteiger partial charge in [-0.1, -0.05) is 0 Å². The zero-order chi connectivity index (χ0) is 14.7. The Morgan fingerprint density at radius 1 is 1.40 bits per heavy atom. The molecule has 7 heteroatoms. The smallest absolute Gasteiger partial charge is 0.357 e. The van der Waals surface area contributed by atoms with Crippen LogP contribution >= 0.6 is 0 Å². The number of nitrogens with zero attached hydrogens (tertiary/aromatic N) is 1. The third-order valence-corrected chi connectivity index (χ3v) is 2.47. The summed E-state index contributed by atoms with van der Waals surface area (Å²) in [6.45, 7) is 1.39. The number of rotatable bonds is 4. The van der Waals surface area contributed by atoms with E-state index in [9.17, 15) is 9.59 Å². The van der Waals surface area contributed by atoms with Gasteiger partial charge in [0.2, 0.25) is 11.8 Å². The van der Waals surface area contributed by atoms with Crippen LogP contribution in [0.25, 0.3) is 11.5 Å². The third kappa shape index (κ3) is 2.77. The summed E-state index contributed by atoms with van der Waals surface area (Å²) in [4.78, 5) is 25.7. The van der Waals surface area contributed by atoms with E-state index in [4.69, 9.17) is 14.3 Å². The van der Waals surface area contributed by atoms with Gasteiger partial charge in [0.1, 0.15) is 12.0 Å². The Morgan fingerprint density at radius 2 is 2.15 bits per heavy atom. The molecule has 0 fully saturated rings. The molecule has 2 rings (SSSR count). The van der Waals surface area contributed by atoms with Gasteiger partial charge in [-0.05, 0) is 18.2 Å². The van der Waals surface area contributed by atoms with E-state index in [-0.39, 0.29) is 17.5 Å². The minimum absolute atomic E-state index is 0.103. The van der Waals surface area contributed by atoms with Gasteiger partial charge in [-0.15, -0.1) is 0 Å². The second-order valence-electron chi connectivity index (χ2n) is 3.94. The molecule has 0 saturated heterocycles.